The van der Waals surface area contributed by atoms with E-state index in [0.717, 1.165) is 28.6 Å². The second kappa shape index (κ2) is 8.04. The number of aryl methyl sites for hydroxylation is 1. The Bertz CT molecular complexity index is 766. The fourth-order valence-electron chi connectivity index (χ4n) is 3.80. The van der Waals surface area contributed by atoms with Crippen LogP contribution in [-0.2, 0) is 16.0 Å². The number of aliphatic hydroxyl groups is 1. The van der Waals surface area contributed by atoms with Crippen LogP contribution in [0.1, 0.15) is 44.6 Å². The molecule has 1 fully saturated rings. The van der Waals surface area contributed by atoms with Crippen molar-refractivity contribution in [3.05, 3.63) is 36.0 Å². The van der Waals surface area contributed by atoms with Crippen molar-refractivity contribution in [3.63, 3.8) is 0 Å². The third-order valence-electron chi connectivity index (χ3n) is 5.43. The van der Waals surface area contributed by atoms with Gasteiger partial charge < -0.3 is 14.6 Å². The number of nitrogens with zero attached hydrogens (tertiary/aromatic N) is 1. The predicted molar refractivity (Wildman–Crippen MR) is 100 cm³/mol. The summed E-state index contributed by atoms with van der Waals surface area (Å²) >= 11 is 0. The Balaban J connectivity index is 1.66. The van der Waals surface area contributed by atoms with E-state index < -0.39 is 5.60 Å². The average molecular weight is 357 g/mol. The third-order valence-corrected chi connectivity index (χ3v) is 5.43. The number of benzene rings is 1. The molecule has 0 spiro atoms. The van der Waals surface area contributed by atoms with Crippen molar-refractivity contribution < 1.29 is 19.4 Å². The van der Waals surface area contributed by atoms with Gasteiger partial charge in [0.25, 0.3) is 0 Å². The molecule has 5 heteroatoms. The summed E-state index contributed by atoms with van der Waals surface area (Å²) in [4.78, 5) is 16.3. The lowest BCUT2D eigenvalue weighted by atomic mass is 9.76. The molecule has 0 bridgehead atoms. The van der Waals surface area contributed by atoms with Crippen molar-refractivity contribution in [2.75, 3.05) is 13.7 Å². The number of hydrogen-bond acceptors (Lipinski definition) is 5. The van der Waals surface area contributed by atoms with Crippen LogP contribution in [0.15, 0.2) is 30.5 Å². The fraction of sp³-hybridized carbons (Fsp3) is 0.524. The van der Waals surface area contributed by atoms with E-state index in [1.165, 1.54) is 0 Å². The van der Waals surface area contributed by atoms with Crippen LogP contribution in [0, 0.1) is 5.92 Å². The normalized spacial score (nSPS) is 23.0. The van der Waals surface area contributed by atoms with Crippen LogP contribution < -0.4 is 4.74 Å². The van der Waals surface area contributed by atoms with Crippen LogP contribution in [0.2, 0.25) is 0 Å². The molecule has 0 saturated heterocycles. The Kier molecular flexibility index (Phi) is 5.77. The van der Waals surface area contributed by atoms with Crippen molar-refractivity contribution in [1.29, 1.82) is 0 Å². The molecule has 0 unspecified atom stereocenters. The molecule has 0 amide bonds. The molecule has 1 aliphatic rings. The maximum absolute atomic E-state index is 11.9. The minimum absolute atomic E-state index is 0.0683. The van der Waals surface area contributed by atoms with E-state index in [2.05, 4.69) is 4.98 Å². The Morgan fingerprint density at radius 1 is 1.31 bits per heavy atom. The number of pyridine rings is 1. The van der Waals surface area contributed by atoms with Crippen LogP contribution in [-0.4, -0.2) is 35.4 Å². The van der Waals surface area contributed by atoms with Gasteiger partial charge in [0.1, 0.15) is 5.75 Å². The molecular formula is C21H27NO4. The highest BCUT2D eigenvalue weighted by atomic mass is 16.5. The van der Waals surface area contributed by atoms with Gasteiger partial charge in [-0.25, -0.2) is 0 Å². The molecule has 140 valence electrons. The molecule has 26 heavy (non-hydrogen) atoms. The molecule has 5 nitrogen and oxygen atoms in total. The van der Waals surface area contributed by atoms with Crippen molar-refractivity contribution in [2.24, 2.45) is 5.92 Å². The summed E-state index contributed by atoms with van der Waals surface area (Å²) in [5.41, 5.74) is 1.38. The maximum Gasteiger partial charge on any atom is 0.308 e. The Labute approximate surface area is 154 Å². The first kappa shape index (κ1) is 18.6. The van der Waals surface area contributed by atoms with Gasteiger partial charge in [0.05, 0.1) is 30.8 Å². The van der Waals surface area contributed by atoms with Gasteiger partial charge in [-0.2, -0.15) is 0 Å². The molecule has 3 rings (SSSR count). The predicted octanol–water partition coefficient (Wildman–Crippen LogP) is 3.66. The zero-order valence-electron chi connectivity index (χ0n) is 15.5. The molecule has 1 aromatic carbocycles. The van der Waals surface area contributed by atoms with Crippen LogP contribution in [0.5, 0.6) is 5.75 Å². The van der Waals surface area contributed by atoms with Crippen LogP contribution in [0.25, 0.3) is 10.9 Å². The fourth-order valence-corrected chi connectivity index (χ4v) is 3.80. The molecule has 1 N–H and O–H groups in total. The van der Waals surface area contributed by atoms with E-state index in [-0.39, 0.29) is 11.9 Å². The minimum atomic E-state index is -0.711. The van der Waals surface area contributed by atoms with Gasteiger partial charge in [-0.1, -0.05) is 0 Å². The SMILES string of the molecule is CCOC(=O)[C@H]1CC[C@](O)(CCc2ccnc3ccc(OC)cc23)CC1. The number of carbonyl (C=O) groups is 1. The van der Waals surface area contributed by atoms with E-state index in [4.69, 9.17) is 9.47 Å². The van der Waals surface area contributed by atoms with Gasteiger partial charge >= 0.3 is 5.97 Å². The monoisotopic (exact) mass is 357 g/mol. The number of methoxy groups -OCH3 is 1. The van der Waals surface area contributed by atoms with Crippen LogP contribution in [0.3, 0.4) is 0 Å². The quantitative estimate of drug-likeness (QED) is 0.799. The second-order valence-electron chi connectivity index (χ2n) is 7.10. The zero-order chi connectivity index (χ0) is 18.6. The molecule has 1 aromatic heterocycles. The Morgan fingerprint density at radius 3 is 2.77 bits per heavy atom. The Morgan fingerprint density at radius 2 is 2.08 bits per heavy atom. The second-order valence-corrected chi connectivity index (χ2v) is 7.10. The number of ether oxygens (including phenoxy) is 2. The van der Waals surface area contributed by atoms with E-state index in [9.17, 15) is 9.90 Å². The van der Waals surface area contributed by atoms with Crippen molar-refractivity contribution in [1.82, 2.24) is 4.98 Å². The molecular weight excluding hydrogens is 330 g/mol. The smallest absolute Gasteiger partial charge is 0.308 e. The summed E-state index contributed by atoms with van der Waals surface area (Å²) in [6.45, 7) is 2.24. The van der Waals surface area contributed by atoms with Crippen molar-refractivity contribution in [2.45, 2.75) is 51.0 Å². The molecule has 1 saturated carbocycles. The van der Waals surface area contributed by atoms with Gasteiger partial charge in [-0.3, -0.25) is 9.78 Å². The number of fused-ring (bicyclic) bond motifs is 1. The average Bonchev–Trinajstić information content (AvgIpc) is 2.66. The lowest BCUT2D eigenvalue weighted by Gasteiger charge is -2.35. The summed E-state index contributed by atoms with van der Waals surface area (Å²) < 4.78 is 10.4. The van der Waals surface area contributed by atoms with Gasteiger partial charge in [0.15, 0.2) is 0 Å². The minimum Gasteiger partial charge on any atom is -0.497 e. The standard InChI is InChI=1S/C21H27NO4/c1-3-26-20(23)16-7-11-21(24,12-8-16)10-6-15-9-13-22-19-5-4-17(25-2)14-18(15)19/h4-5,9,13-14,16,24H,3,6-8,10-12H2,1-2H3/t16-,21+. The largest absolute Gasteiger partial charge is 0.497 e. The maximum atomic E-state index is 11.9. The summed E-state index contributed by atoms with van der Waals surface area (Å²) in [5, 5.41) is 12.0. The number of esters is 1. The molecule has 0 radical (unpaired) electrons. The van der Waals surface area contributed by atoms with E-state index in [0.29, 0.717) is 38.7 Å². The lowest BCUT2D eigenvalue weighted by molar-refractivity contribution is -0.151. The zero-order valence-corrected chi connectivity index (χ0v) is 15.5. The summed E-state index contributed by atoms with van der Waals surface area (Å²) in [5.74, 6) is 0.614. The summed E-state index contributed by atoms with van der Waals surface area (Å²) in [6, 6.07) is 7.87. The van der Waals surface area contributed by atoms with Gasteiger partial charge in [-0.05, 0) is 75.3 Å². The van der Waals surface area contributed by atoms with E-state index in [1.54, 1.807) is 7.11 Å². The van der Waals surface area contributed by atoms with E-state index >= 15 is 0 Å². The van der Waals surface area contributed by atoms with Crippen molar-refractivity contribution in [3.8, 4) is 5.75 Å². The first-order valence-corrected chi connectivity index (χ1v) is 9.35. The third kappa shape index (κ3) is 4.15. The molecule has 1 aliphatic carbocycles. The van der Waals surface area contributed by atoms with Gasteiger partial charge in [-0.15, -0.1) is 0 Å². The summed E-state index contributed by atoms with van der Waals surface area (Å²) in [6.07, 6.45) is 5.93. The first-order chi connectivity index (χ1) is 12.5. The van der Waals surface area contributed by atoms with Crippen LogP contribution >= 0.6 is 0 Å². The number of hydrogen-bond donors (Lipinski definition) is 1. The van der Waals surface area contributed by atoms with Crippen LogP contribution in [0.4, 0.5) is 0 Å². The highest BCUT2D eigenvalue weighted by Crippen LogP contribution is 2.36. The molecule has 1 heterocycles. The van der Waals surface area contributed by atoms with E-state index in [1.807, 2.05) is 37.4 Å². The highest BCUT2D eigenvalue weighted by molar-refractivity contribution is 5.83. The summed E-state index contributed by atoms with van der Waals surface area (Å²) in [7, 11) is 1.65. The number of aromatic nitrogens is 1. The van der Waals surface area contributed by atoms with Gasteiger partial charge in [0, 0.05) is 11.6 Å². The highest BCUT2D eigenvalue weighted by Gasteiger charge is 2.36. The molecule has 0 atom stereocenters. The topological polar surface area (TPSA) is 68.7 Å². The Hall–Kier alpha value is -2.14. The van der Waals surface area contributed by atoms with Crippen molar-refractivity contribution >= 4 is 16.9 Å². The number of rotatable bonds is 6. The van der Waals surface area contributed by atoms with Gasteiger partial charge in [0.2, 0.25) is 0 Å². The molecule has 0 aliphatic heterocycles. The molecule has 2 aromatic rings. The lowest BCUT2D eigenvalue weighted by Crippen LogP contribution is -2.37. The first-order valence-electron chi connectivity index (χ1n) is 9.35. The number of carbonyl (C=O) groups excluding carboxylic acids is 1.